The molecule has 0 bridgehead atoms. The smallest absolute Gasteiger partial charge is 0.225 e. The zero-order valence-corrected chi connectivity index (χ0v) is 12.7. The van der Waals surface area contributed by atoms with E-state index in [-0.39, 0.29) is 17.7 Å². The Morgan fingerprint density at radius 2 is 2.14 bits per heavy atom. The molecule has 2 fully saturated rings. The van der Waals surface area contributed by atoms with Crippen molar-refractivity contribution in [3.8, 4) is 0 Å². The second kappa shape index (κ2) is 8.31. The molecule has 1 N–H and O–H groups in total. The molecule has 2 amide bonds. The van der Waals surface area contributed by atoms with Gasteiger partial charge in [0.2, 0.25) is 11.8 Å². The highest BCUT2D eigenvalue weighted by atomic mass is 16.5. The molecule has 1 unspecified atom stereocenters. The van der Waals surface area contributed by atoms with Crippen molar-refractivity contribution >= 4 is 11.8 Å². The van der Waals surface area contributed by atoms with Crippen molar-refractivity contribution in [2.24, 2.45) is 5.92 Å². The van der Waals surface area contributed by atoms with Crippen LogP contribution in [0.3, 0.4) is 0 Å². The highest BCUT2D eigenvalue weighted by Crippen LogP contribution is 2.17. The van der Waals surface area contributed by atoms with E-state index in [0.717, 1.165) is 32.8 Å². The molecule has 0 aliphatic carbocycles. The van der Waals surface area contributed by atoms with Crippen molar-refractivity contribution in [1.82, 2.24) is 15.1 Å². The monoisotopic (exact) mass is 299 g/mol. The standard InChI is InChI=1S/C14H25N3O4/c1-20-7-2-15-14(19)12-10-13(18)17(11-12)4-3-16-5-8-21-9-6-16/h12H,2-11H2,1H3,(H,15,19). The Kier molecular flexibility index (Phi) is 6.41. The zero-order chi connectivity index (χ0) is 15.1. The molecular formula is C14H25N3O4. The normalized spacial score (nSPS) is 23.6. The van der Waals surface area contributed by atoms with Crippen molar-refractivity contribution in [1.29, 1.82) is 0 Å². The van der Waals surface area contributed by atoms with E-state index < -0.39 is 0 Å². The van der Waals surface area contributed by atoms with Gasteiger partial charge < -0.3 is 19.7 Å². The molecule has 7 nitrogen and oxygen atoms in total. The second-order valence-corrected chi connectivity index (χ2v) is 5.48. The van der Waals surface area contributed by atoms with Crippen LogP contribution in [-0.2, 0) is 19.1 Å². The average Bonchev–Trinajstić information content (AvgIpc) is 2.88. The second-order valence-electron chi connectivity index (χ2n) is 5.48. The lowest BCUT2D eigenvalue weighted by atomic mass is 10.1. The SMILES string of the molecule is COCCNC(=O)C1CC(=O)N(CCN2CCOCC2)C1. The molecule has 21 heavy (non-hydrogen) atoms. The molecule has 2 heterocycles. The van der Waals surface area contributed by atoms with E-state index in [9.17, 15) is 9.59 Å². The summed E-state index contributed by atoms with van der Waals surface area (Å²) in [6.07, 6.45) is 0.321. The molecule has 0 radical (unpaired) electrons. The van der Waals surface area contributed by atoms with Crippen molar-refractivity contribution < 1.29 is 19.1 Å². The maximum absolute atomic E-state index is 12.0. The number of carbonyl (C=O) groups excluding carboxylic acids is 2. The predicted octanol–water partition coefficient (Wildman–Crippen LogP) is -1.07. The number of morpholine rings is 1. The molecule has 0 spiro atoms. The predicted molar refractivity (Wildman–Crippen MR) is 76.8 cm³/mol. The number of hydrogen-bond acceptors (Lipinski definition) is 5. The Hall–Kier alpha value is -1.18. The quantitative estimate of drug-likeness (QED) is 0.606. The number of methoxy groups -OCH3 is 1. The number of rotatable bonds is 7. The maximum atomic E-state index is 12.0. The van der Waals surface area contributed by atoms with Crippen LogP contribution in [0.5, 0.6) is 0 Å². The molecule has 2 aliphatic rings. The number of likely N-dealkylation sites (tertiary alicyclic amines) is 1. The number of nitrogens with one attached hydrogen (secondary N) is 1. The highest BCUT2D eigenvalue weighted by molar-refractivity contribution is 5.89. The summed E-state index contributed by atoms with van der Waals surface area (Å²) in [4.78, 5) is 28.0. The maximum Gasteiger partial charge on any atom is 0.225 e. The van der Waals surface area contributed by atoms with Gasteiger partial charge in [-0.05, 0) is 0 Å². The van der Waals surface area contributed by atoms with Crippen LogP contribution in [0, 0.1) is 5.92 Å². The number of hydrogen-bond donors (Lipinski definition) is 1. The van der Waals surface area contributed by atoms with Gasteiger partial charge >= 0.3 is 0 Å². The lowest BCUT2D eigenvalue weighted by molar-refractivity contribution is -0.129. The van der Waals surface area contributed by atoms with Gasteiger partial charge in [-0.3, -0.25) is 14.5 Å². The zero-order valence-electron chi connectivity index (χ0n) is 12.7. The summed E-state index contributed by atoms with van der Waals surface area (Å²) in [5.74, 6) is -0.191. The minimum Gasteiger partial charge on any atom is -0.383 e. The first kappa shape index (κ1) is 16.2. The number of nitrogens with zero attached hydrogens (tertiary/aromatic N) is 2. The van der Waals surface area contributed by atoms with Gasteiger partial charge in [-0.1, -0.05) is 0 Å². The van der Waals surface area contributed by atoms with Crippen LogP contribution in [-0.4, -0.2) is 87.8 Å². The molecule has 2 rings (SSSR count). The third-order valence-corrected chi connectivity index (χ3v) is 3.98. The first-order chi connectivity index (χ1) is 10.2. The van der Waals surface area contributed by atoms with Crippen LogP contribution >= 0.6 is 0 Å². The fourth-order valence-corrected chi connectivity index (χ4v) is 2.67. The third-order valence-electron chi connectivity index (χ3n) is 3.98. The summed E-state index contributed by atoms with van der Waals surface area (Å²) < 4.78 is 10.2. The van der Waals surface area contributed by atoms with E-state index >= 15 is 0 Å². The van der Waals surface area contributed by atoms with Crippen molar-refractivity contribution in [2.75, 3.05) is 66.2 Å². The van der Waals surface area contributed by atoms with Gasteiger partial charge in [0.05, 0.1) is 25.7 Å². The van der Waals surface area contributed by atoms with Gasteiger partial charge in [-0.25, -0.2) is 0 Å². The summed E-state index contributed by atoms with van der Waals surface area (Å²) in [6.45, 7) is 6.43. The van der Waals surface area contributed by atoms with Gasteiger partial charge in [-0.2, -0.15) is 0 Å². The van der Waals surface area contributed by atoms with E-state index in [4.69, 9.17) is 9.47 Å². The molecule has 120 valence electrons. The minimum absolute atomic E-state index is 0.0470. The van der Waals surface area contributed by atoms with Crippen LogP contribution in [0.25, 0.3) is 0 Å². The van der Waals surface area contributed by atoms with E-state index in [1.54, 1.807) is 12.0 Å². The Labute approximate surface area is 125 Å². The molecule has 1 atom stereocenters. The largest absolute Gasteiger partial charge is 0.383 e. The van der Waals surface area contributed by atoms with Crippen LogP contribution in [0.2, 0.25) is 0 Å². The van der Waals surface area contributed by atoms with Crippen LogP contribution in [0.4, 0.5) is 0 Å². The summed E-state index contributed by atoms with van der Waals surface area (Å²) in [7, 11) is 1.60. The molecule has 0 aromatic rings. The van der Waals surface area contributed by atoms with E-state index in [1.165, 1.54) is 0 Å². The van der Waals surface area contributed by atoms with Crippen molar-refractivity contribution in [3.63, 3.8) is 0 Å². The van der Waals surface area contributed by atoms with E-state index in [0.29, 0.717) is 32.7 Å². The van der Waals surface area contributed by atoms with Crippen LogP contribution < -0.4 is 5.32 Å². The molecule has 0 saturated carbocycles. The first-order valence-corrected chi connectivity index (χ1v) is 7.55. The van der Waals surface area contributed by atoms with E-state index in [2.05, 4.69) is 10.2 Å². The molecule has 0 aromatic carbocycles. The number of carbonyl (C=O) groups is 2. The molecule has 2 saturated heterocycles. The highest BCUT2D eigenvalue weighted by Gasteiger charge is 2.34. The number of amides is 2. The Bertz CT molecular complexity index is 358. The summed E-state index contributed by atoms with van der Waals surface area (Å²) in [5.41, 5.74) is 0. The van der Waals surface area contributed by atoms with Gasteiger partial charge in [0, 0.05) is 52.8 Å². The van der Waals surface area contributed by atoms with Crippen LogP contribution in [0.15, 0.2) is 0 Å². The molecular weight excluding hydrogens is 274 g/mol. The van der Waals surface area contributed by atoms with Crippen molar-refractivity contribution in [3.05, 3.63) is 0 Å². The topological polar surface area (TPSA) is 71.1 Å². The van der Waals surface area contributed by atoms with E-state index in [1.807, 2.05) is 0 Å². The Morgan fingerprint density at radius 3 is 2.86 bits per heavy atom. The lowest BCUT2D eigenvalue weighted by Crippen LogP contribution is -2.42. The molecule has 0 aromatic heterocycles. The van der Waals surface area contributed by atoms with Gasteiger partial charge in [-0.15, -0.1) is 0 Å². The molecule has 2 aliphatic heterocycles. The summed E-state index contributed by atoms with van der Waals surface area (Å²) in [5, 5.41) is 2.80. The number of ether oxygens (including phenoxy) is 2. The van der Waals surface area contributed by atoms with Gasteiger partial charge in [0.1, 0.15) is 0 Å². The third kappa shape index (κ3) is 4.94. The van der Waals surface area contributed by atoms with Crippen molar-refractivity contribution in [2.45, 2.75) is 6.42 Å². The van der Waals surface area contributed by atoms with Gasteiger partial charge in [0.15, 0.2) is 0 Å². The lowest BCUT2D eigenvalue weighted by Gasteiger charge is -2.28. The average molecular weight is 299 g/mol. The Balaban J connectivity index is 1.70. The fourth-order valence-electron chi connectivity index (χ4n) is 2.67. The fraction of sp³-hybridized carbons (Fsp3) is 0.857. The molecule has 7 heteroatoms. The summed E-state index contributed by atoms with van der Waals surface area (Å²) in [6, 6.07) is 0. The van der Waals surface area contributed by atoms with Crippen LogP contribution in [0.1, 0.15) is 6.42 Å². The minimum atomic E-state index is -0.223. The van der Waals surface area contributed by atoms with Gasteiger partial charge in [0.25, 0.3) is 0 Å². The summed E-state index contributed by atoms with van der Waals surface area (Å²) >= 11 is 0. The Morgan fingerprint density at radius 1 is 1.38 bits per heavy atom. The first-order valence-electron chi connectivity index (χ1n) is 7.55.